The normalized spacial score (nSPS) is 17.4. The maximum Gasteiger partial charge on any atom is 0.215 e. The SMILES string of the molecule is CCNC(=NCCS(=O)(=O)N(CC)CC)NC1CCCC1. The van der Waals surface area contributed by atoms with Crippen LogP contribution < -0.4 is 10.6 Å². The standard InChI is InChI=1S/C14H30N4O2S/c1-4-15-14(17-13-9-7-8-10-13)16-11-12-21(19,20)18(5-2)6-3/h13H,4-12H2,1-3H3,(H2,15,16,17). The van der Waals surface area contributed by atoms with Crippen molar-refractivity contribution in [3.63, 3.8) is 0 Å². The molecule has 0 aromatic heterocycles. The van der Waals surface area contributed by atoms with E-state index in [9.17, 15) is 8.42 Å². The Morgan fingerprint density at radius 3 is 2.33 bits per heavy atom. The summed E-state index contributed by atoms with van der Waals surface area (Å²) < 4.78 is 25.7. The van der Waals surface area contributed by atoms with E-state index in [1.165, 1.54) is 30.0 Å². The van der Waals surface area contributed by atoms with Crippen LogP contribution in [-0.2, 0) is 10.0 Å². The molecule has 0 aromatic carbocycles. The monoisotopic (exact) mass is 318 g/mol. The molecule has 6 nitrogen and oxygen atoms in total. The van der Waals surface area contributed by atoms with E-state index in [4.69, 9.17) is 0 Å². The van der Waals surface area contributed by atoms with Gasteiger partial charge in [0.2, 0.25) is 10.0 Å². The third-order valence-electron chi connectivity index (χ3n) is 3.76. The van der Waals surface area contributed by atoms with Gasteiger partial charge in [-0.3, -0.25) is 4.99 Å². The highest BCUT2D eigenvalue weighted by molar-refractivity contribution is 7.89. The van der Waals surface area contributed by atoms with Crippen LogP contribution >= 0.6 is 0 Å². The molecule has 0 aromatic rings. The molecule has 1 aliphatic rings. The van der Waals surface area contributed by atoms with Crippen LogP contribution in [-0.4, -0.2) is 56.7 Å². The fourth-order valence-electron chi connectivity index (χ4n) is 2.60. The molecule has 124 valence electrons. The number of sulfonamides is 1. The molecule has 0 saturated heterocycles. The van der Waals surface area contributed by atoms with Gasteiger partial charge in [0.1, 0.15) is 0 Å². The minimum absolute atomic E-state index is 0.0654. The summed E-state index contributed by atoms with van der Waals surface area (Å²) in [5.74, 6) is 0.801. The predicted molar refractivity (Wildman–Crippen MR) is 88.1 cm³/mol. The summed E-state index contributed by atoms with van der Waals surface area (Å²) in [5, 5.41) is 6.57. The lowest BCUT2D eigenvalue weighted by atomic mass is 10.2. The van der Waals surface area contributed by atoms with Crippen molar-refractivity contribution in [2.45, 2.75) is 52.5 Å². The van der Waals surface area contributed by atoms with E-state index in [1.807, 2.05) is 20.8 Å². The fraction of sp³-hybridized carbons (Fsp3) is 0.929. The zero-order valence-electron chi connectivity index (χ0n) is 13.6. The van der Waals surface area contributed by atoms with Crippen LogP contribution in [0.3, 0.4) is 0 Å². The molecule has 7 heteroatoms. The number of guanidine groups is 1. The van der Waals surface area contributed by atoms with Gasteiger partial charge in [0.05, 0.1) is 12.3 Å². The van der Waals surface area contributed by atoms with Crippen LogP contribution in [0.2, 0.25) is 0 Å². The Balaban J connectivity index is 2.53. The average Bonchev–Trinajstić information content (AvgIpc) is 2.92. The lowest BCUT2D eigenvalue weighted by Crippen LogP contribution is -2.42. The van der Waals surface area contributed by atoms with Gasteiger partial charge in [0, 0.05) is 25.7 Å². The lowest BCUT2D eigenvalue weighted by molar-refractivity contribution is 0.445. The molecule has 0 heterocycles. The summed E-state index contributed by atoms with van der Waals surface area (Å²) in [6, 6.07) is 0.474. The minimum Gasteiger partial charge on any atom is -0.357 e. The average molecular weight is 318 g/mol. The van der Waals surface area contributed by atoms with Gasteiger partial charge < -0.3 is 10.6 Å². The molecule has 21 heavy (non-hydrogen) atoms. The van der Waals surface area contributed by atoms with Crippen molar-refractivity contribution in [2.75, 3.05) is 31.9 Å². The second-order valence-electron chi connectivity index (χ2n) is 5.29. The molecule has 2 N–H and O–H groups in total. The van der Waals surface area contributed by atoms with Crippen molar-refractivity contribution in [3.05, 3.63) is 0 Å². The highest BCUT2D eigenvalue weighted by atomic mass is 32.2. The molecular formula is C14H30N4O2S. The highest BCUT2D eigenvalue weighted by Gasteiger charge is 2.19. The minimum atomic E-state index is -3.19. The third kappa shape index (κ3) is 6.22. The van der Waals surface area contributed by atoms with Gasteiger partial charge in [-0.25, -0.2) is 12.7 Å². The molecule has 0 aliphatic heterocycles. The van der Waals surface area contributed by atoms with E-state index in [1.54, 1.807) is 0 Å². The Bertz CT molecular complexity index is 413. The van der Waals surface area contributed by atoms with Crippen LogP contribution in [0.15, 0.2) is 4.99 Å². The second-order valence-corrected chi connectivity index (χ2v) is 7.38. The Kier molecular flexibility index (Phi) is 8.03. The maximum atomic E-state index is 12.1. The highest BCUT2D eigenvalue weighted by Crippen LogP contribution is 2.17. The zero-order chi connectivity index (χ0) is 15.7. The van der Waals surface area contributed by atoms with Crippen molar-refractivity contribution in [3.8, 4) is 0 Å². The quantitative estimate of drug-likeness (QED) is 0.520. The molecule has 0 amide bonds. The molecule has 1 fully saturated rings. The molecule has 1 rings (SSSR count). The molecule has 0 bridgehead atoms. The summed E-state index contributed by atoms with van der Waals surface area (Å²) in [4.78, 5) is 4.40. The van der Waals surface area contributed by atoms with Crippen molar-refractivity contribution in [1.29, 1.82) is 0 Å². The van der Waals surface area contributed by atoms with E-state index in [0.717, 1.165) is 12.5 Å². The molecule has 0 atom stereocenters. The predicted octanol–water partition coefficient (Wildman–Crippen LogP) is 1.16. The van der Waals surface area contributed by atoms with E-state index >= 15 is 0 Å². The summed E-state index contributed by atoms with van der Waals surface area (Å²) in [7, 11) is -3.19. The van der Waals surface area contributed by atoms with E-state index in [2.05, 4.69) is 15.6 Å². The summed E-state index contributed by atoms with van der Waals surface area (Å²) >= 11 is 0. The molecule has 0 unspecified atom stereocenters. The van der Waals surface area contributed by atoms with Gasteiger partial charge in [-0.1, -0.05) is 26.7 Å². The smallest absolute Gasteiger partial charge is 0.215 e. The second kappa shape index (κ2) is 9.25. The zero-order valence-corrected chi connectivity index (χ0v) is 14.4. The first-order valence-electron chi connectivity index (χ1n) is 8.06. The van der Waals surface area contributed by atoms with Gasteiger partial charge >= 0.3 is 0 Å². The summed E-state index contributed by atoms with van der Waals surface area (Å²) in [6.07, 6.45) is 4.85. The number of nitrogens with one attached hydrogen (secondary N) is 2. The third-order valence-corrected chi connectivity index (χ3v) is 5.76. The topological polar surface area (TPSA) is 73.8 Å². The first kappa shape index (κ1) is 18.2. The lowest BCUT2D eigenvalue weighted by Gasteiger charge is -2.19. The van der Waals surface area contributed by atoms with Crippen molar-refractivity contribution in [1.82, 2.24) is 14.9 Å². The Hall–Kier alpha value is -0.820. The van der Waals surface area contributed by atoms with Crippen molar-refractivity contribution >= 4 is 16.0 Å². The van der Waals surface area contributed by atoms with Gasteiger partial charge in [-0.05, 0) is 19.8 Å². The van der Waals surface area contributed by atoms with E-state index in [0.29, 0.717) is 25.7 Å². The van der Waals surface area contributed by atoms with Crippen LogP contribution in [0.25, 0.3) is 0 Å². The van der Waals surface area contributed by atoms with Gasteiger partial charge in [-0.2, -0.15) is 0 Å². The number of hydrogen-bond acceptors (Lipinski definition) is 3. The first-order chi connectivity index (χ1) is 10.0. The van der Waals surface area contributed by atoms with E-state index in [-0.39, 0.29) is 5.75 Å². The Morgan fingerprint density at radius 1 is 1.19 bits per heavy atom. The van der Waals surface area contributed by atoms with E-state index < -0.39 is 10.0 Å². The Labute approximate surface area is 129 Å². The number of rotatable bonds is 8. The number of nitrogens with zero attached hydrogens (tertiary/aromatic N) is 2. The molecule has 1 saturated carbocycles. The van der Waals surface area contributed by atoms with Crippen LogP contribution in [0, 0.1) is 0 Å². The van der Waals surface area contributed by atoms with Gasteiger partial charge in [0.15, 0.2) is 5.96 Å². The van der Waals surface area contributed by atoms with Crippen molar-refractivity contribution < 1.29 is 8.42 Å². The molecule has 1 aliphatic carbocycles. The summed E-state index contributed by atoms with van der Waals surface area (Å²) in [6.45, 7) is 7.83. The summed E-state index contributed by atoms with van der Waals surface area (Å²) in [5.41, 5.74) is 0. The van der Waals surface area contributed by atoms with Crippen LogP contribution in [0.4, 0.5) is 0 Å². The maximum absolute atomic E-state index is 12.1. The van der Waals surface area contributed by atoms with Gasteiger partial charge in [-0.15, -0.1) is 0 Å². The largest absolute Gasteiger partial charge is 0.357 e. The molecular weight excluding hydrogens is 288 g/mol. The van der Waals surface area contributed by atoms with Gasteiger partial charge in [0.25, 0.3) is 0 Å². The fourth-order valence-corrected chi connectivity index (χ4v) is 3.97. The van der Waals surface area contributed by atoms with Crippen LogP contribution in [0.5, 0.6) is 0 Å². The number of hydrogen-bond donors (Lipinski definition) is 2. The first-order valence-corrected chi connectivity index (χ1v) is 9.67. The number of aliphatic imine (C=N–C) groups is 1. The molecule has 0 radical (unpaired) electrons. The van der Waals surface area contributed by atoms with Crippen LogP contribution in [0.1, 0.15) is 46.5 Å². The molecule has 0 spiro atoms. The Morgan fingerprint density at radius 2 is 1.81 bits per heavy atom. The van der Waals surface area contributed by atoms with Crippen molar-refractivity contribution in [2.24, 2.45) is 4.99 Å².